The number of carbonyl (C=O) groups excluding carboxylic acids is 1. The molecule has 1 aromatic heterocycles. The standard InChI is InChI=1S/C18H15NO4/c1-19(10-13-6-4-8-15-17(13)22-11-21-15)18(20)16-9-12-5-2-3-7-14(12)23-16/h2-9H,10-11H2,1H3. The van der Waals surface area contributed by atoms with E-state index in [-0.39, 0.29) is 12.7 Å². The van der Waals surface area contributed by atoms with E-state index >= 15 is 0 Å². The van der Waals surface area contributed by atoms with Crippen LogP contribution in [0.3, 0.4) is 0 Å². The minimum Gasteiger partial charge on any atom is -0.454 e. The molecule has 1 amide bonds. The number of ether oxygens (including phenoxy) is 2. The highest BCUT2D eigenvalue weighted by atomic mass is 16.7. The molecule has 3 aromatic rings. The molecule has 23 heavy (non-hydrogen) atoms. The van der Waals surface area contributed by atoms with Crippen LogP contribution in [-0.4, -0.2) is 24.6 Å². The lowest BCUT2D eigenvalue weighted by Crippen LogP contribution is -2.25. The van der Waals surface area contributed by atoms with Crippen molar-refractivity contribution in [2.45, 2.75) is 6.54 Å². The molecule has 0 bridgehead atoms. The van der Waals surface area contributed by atoms with Gasteiger partial charge in [-0.3, -0.25) is 4.79 Å². The Kier molecular flexibility index (Phi) is 3.19. The number of rotatable bonds is 3. The molecule has 0 radical (unpaired) electrons. The molecule has 2 heterocycles. The maximum Gasteiger partial charge on any atom is 0.289 e. The van der Waals surface area contributed by atoms with Gasteiger partial charge in [-0.1, -0.05) is 30.3 Å². The molecule has 0 unspecified atom stereocenters. The van der Waals surface area contributed by atoms with Crippen molar-refractivity contribution in [1.29, 1.82) is 0 Å². The Morgan fingerprint density at radius 1 is 1.13 bits per heavy atom. The first-order chi connectivity index (χ1) is 11.2. The summed E-state index contributed by atoms with van der Waals surface area (Å²) in [6.45, 7) is 0.635. The molecule has 0 aliphatic carbocycles. The Balaban J connectivity index is 1.58. The minimum atomic E-state index is -0.169. The predicted molar refractivity (Wildman–Crippen MR) is 84.6 cm³/mol. The zero-order valence-electron chi connectivity index (χ0n) is 12.6. The summed E-state index contributed by atoms with van der Waals surface area (Å²) in [5, 5.41) is 0.918. The van der Waals surface area contributed by atoms with Crippen molar-refractivity contribution in [3.63, 3.8) is 0 Å². The summed E-state index contributed by atoms with van der Waals surface area (Å²) in [6, 6.07) is 15.0. The number of amides is 1. The zero-order chi connectivity index (χ0) is 15.8. The second-order valence-electron chi connectivity index (χ2n) is 5.46. The minimum absolute atomic E-state index is 0.169. The largest absolute Gasteiger partial charge is 0.454 e. The summed E-state index contributed by atoms with van der Waals surface area (Å²) in [6.07, 6.45) is 0. The second-order valence-corrected chi connectivity index (χ2v) is 5.46. The van der Waals surface area contributed by atoms with Gasteiger partial charge < -0.3 is 18.8 Å². The van der Waals surface area contributed by atoms with Gasteiger partial charge >= 0.3 is 0 Å². The van der Waals surface area contributed by atoms with Crippen molar-refractivity contribution in [3.8, 4) is 11.5 Å². The van der Waals surface area contributed by atoms with Gasteiger partial charge in [-0.05, 0) is 18.2 Å². The van der Waals surface area contributed by atoms with Gasteiger partial charge in [-0.15, -0.1) is 0 Å². The molecule has 1 aliphatic heterocycles. The fourth-order valence-electron chi connectivity index (χ4n) is 2.72. The van der Waals surface area contributed by atoms with E-state index in [1.165, 1.54) is 0 Å². The molecule has 5 nitrogen and oxygen atoms in total. The van der Waals surface area contributed by atoms with Gasteiger partial charge in [0.15, 0.2) is 17.3 Å². The van der Waals surface area contributed by atoms with E-state index < -0.39 is 0 Å². The molecule has 0 N–H and O–H groups in total. The average Bonchev–Trinajstić information content (AvgIpc) is 3.20. The van der Waals surface area contributed by atoms with Crippen LogP contribution in [0.2, 0.25) is 0 Å². The lowest BCUT2D eigenvalue weighted by molar-refractivity contribution is 0.0754. The molecule has 0 atom stereocenters. The zero-order valence-corrected chi connectivity index (χ0v) is 12.6. The Hall–Kier alpha value is -2.95. The molecule has 0 saturated heterocycles. The van der Waals surface area contributed by atoms with Crippen LogP contribution < -0.4 is 9.47 Å². The smallest absolute Gasteiger partial charge is 0.289 e. The lowest BCUT2D eigenvalue weighted by atomic mass is 10.1. The first kappa shape index (κ1) is 13.7. The number of benzene rings is 2. The molecule has 116 valence electrons. The highest BCUT2D eigenvalue weighted by Gasteiger charge is 2.21. The third-order valence-corrected chi connectivity index (χ3v) is 3.87. The van der Waals surface area contributed by atoms with Gasteiger partial charge in [-0.25, -0.2) is 0 Å². The van der Waals surface area contributed by atoms with Crippen molar-refractivity contribution < 1.29 is 18.7 Å². The van der Waals surface area contributed by atoms with Gasteiger partial charge in [0.05, 0.1) is 0 Å². The summed E-state index contributed by atoms with van der Waals surface area (Å²) in [4.78, 5) is 14.2. The Morgan fingerprint density at radius 2 is 2.00 bits per heavy atom. The van der Waals surface area contributed by atoms with E-state index in [0.29, 0.717) is 29.4 Å². The van der Waals surface area contributed by atoms with E-state index in [1.54, 1.807) is 18.0 Å². The van der Waals surface area contributed by atoms with Crippen molar-refractivity contribution in [2.75, 3.05) is 13.8 Å². The third-order valence-electron chi connectivity index (χ3n) is 3.87. The molecule has 0 spiro atoms. The van der Waals surface area contributed by atoms with Crippen molar-refractivity contribution in [1.82, 2.24) is 4.90 Å². The molecule has 4 rings (SSSR count). The molecule has 0 fully saturated rings. The molecule has 0 saturated carbocycles. The quantitative estimate of drug-likeness (QED) is 0.744. The van der Waals surface area contributed by atoms with Gasteiger partial charge in [0.25, 0.3) is 5.91 Å². The second kappa shape index (κ2) is 5.35. The maximum atomic E-state index is 12.6. The fourth-order valence-corrected chi connectivity index (χ4v) is 2.72. The van der Waals surface area contributed by atoms with E-state index in [4.69, 9.17) is 13.9 Å². The van der Waals surface area contributed by atoms with Gasteiger partial charge in [0.2, 0.25) is 6.79 Å². The third kappa shape index (κ3) is 2.40. The normalized spacial score (nSPS) is 12.6. The summed E-state index contributed by atoms with van der Waals surface area (Å²) < 4.78 is 16.5. The number of hydrogen-bond acceptors (Lipinski definition) is 4. The Bertz CT molecular complexity index is 851. The van der Waals surface area contributed by atoms with Crippen LogP contribution in [0.1, 0.15) is 16.1 Å². The van der Waals surface area contributed by atoms with Crippen LogP contribution >= 0.6 is 0 Å². The van der Waals surface area contributed by atoms with Crippen LogP contribution in [0.5, 0.6) is 11.5 Å². The SMILES string of the molecule is CN(Cc1cccc2c1OCO2)C(=O)c1cc2ccccc2o1. The number of nitrogens with zero attached hydrogens (tertiary/aromatic N) is 1. The van der Waals surface area contributed by atoms with Gasteiger partial charge in [0, 0.05) is 24.5 Å². The van der Waals surface area contributed by atoms with Crippen LogP contribution in [0.15, 0.2) is 52.9 Å². The highest BCUT2D eigenvalue weighted by Crippen LogP contribution is 2.36. The van der Waals surface area contributed by atoms with Crippen molar-refractivity contribution in [3.05, 3.63) is 59.9 Å². The van der Waals surface area contributed by atoms with Crippen LogP contribution in [0, 0.1) is 0 Å². The molecule has 2 aromatic carbocycles. The van der Waals surface area contributed by atoms with E-state index in [0.717, 1.165) is 10.9 Å². The Labute approximate surface area is 133 Å². The summed E-state index contributed by atoms with van der Waals surface area (Å²) in [7, 11) is 1.74. The summed E-state index contributed by atoms with van der Waals surface area (Å²) >= 11 is 0. The van der Waals surface area contributed by atoms with E-state index in [1.807, 2.05) is 42.5 Å². The molecule has 5 heteroatoms. The summed E-state index contributed by atoms with van der Waals surface area (Å²) in [5.41, 5.74) is 1.62. The number of hydrogen-bond donors (Lipinski definition) is 0. The van der Waals surface area contributed by atoms with Crippen LogP contribution in [0.25, 0.3) is 11.0 Å². The van der Waals surface area contributed by atoms with E-state index in [2.05, 4.69) is 0 Å². The van der Waals surface area contributed by atoms with E-state index in [9.17, 15) is 4.79 Å². The first-order valence-electron chi connectivity index (χ1n) is 7.34. The topological polar surface area (TPSA) is 51.9 Å². The average molecular weight is 309 g/mol. The van der Waals surface area contributed by atoms with Crippen LogP contribution in [-0.2, 0) is 6.54 Å². The number of furan rings is 1. The lowest BCUT2D eigenvalue weighted by Gasteiger charge is -2.16. The van der Waals surface area contributed by atoms with Gasteiger partial charge in [-0.2, -0.15) is 0 Å². The number of para-hydroxylation sites is 2. The van der Waals surface area contributed by atoms with Gasteiger partial charge in [0.1, 0.15) is 5.58 Å². The fraction of sp³-hybridized carbons (Fsp3) is 0.167. The van der Waals surface area contributed by atoms with Crippen LogP contribution in [0.4, 0.5) is 0 Å². The monoisotopic (exact) mass is 309 g/mol. The Morgan fingerprint density at radius 3 is 2.87 bits per heavy atom. The maximum absolute atomic E-state index is 12.6. The van der Waals surface area contributed by atoms with Crippen molar-refractivity contribution >= 4 is 16.9 Å². The number of fused-ring (bicyclic) bond motifs is 2. The molecule has 1 aliphatic rings. The molecular formula is C18H15NO4. The summed E-state index contributed by atoms with van der Waals surface area (Å²) in [5.74, 6) is 1.58. The first-order valence-corrected chi connectivity index (χ1v) is 7.34. The predicted octanol–water partition coefficient (Wildman–Crippen LogP) is 3.43. The highest BCUT2D eigenvalue weighted by molar-refractivity contribution is 5.95. The van der Waals surface area contributed by atoms with Crippen molar-refractivity contribution in [2.24, 2.45) is 0 Å². The molecular weight excluding hydrogens is 294 g/mol. The number of carbonyl (C=O) groups is 1.